The zero-order valence-corrected chi connectivity index (χ0v) is 26.7. The summed E-state index contributed by atoms with van der Waals surface area (Å²) in [7, 11) is 1.61. The standard InChI is InChI=1S/C35H38ClFN6O3/c1-22-27(28-13-16-40-34(33(28)36)24-8-9-25(31(17-24)46-2)20-38-15-4-14-37)5-3-6-29(22)43-35(45)30-11-7-23(19-41-30)18-39-21-26-10-12-32(44)42-26/h3,5-9,11,13,16-17,19,26,38-39H,4,10,12,14-15,18,20-21H2,1-2H3,(H,42,44)(H,43,45). The Morgan fingerprint density at radius 3 is 2.70 bits per heavy atom. The Morgan fingerprint density at radius 2 is 1.96 bits per heavy atom. The van der Waals surface area contributed by atoms with Crippen LogP contribution in [-0.2, 0) is 17.9 Å². The topological polar surface area (TPSA) is 117 Å². The van der Waals surface area contributed by atoms with Gasteiger partial charge in [-0.3, -0.25) is 23.9 Å². The fraction of sp³-hybridized carbons (Fsp3) is 0.314. The van der Waals surface area contributed by atoms with E-state index in [1.54, 1.807) is 25.6 Å². The van der Waals surface area contributed by atoms with Gasteiger partial charge in [0, 0.05) is 66.9 Å². The number of benzene rings is 2. The van der Waals surface area contributed by atoms with Gasteiger partial charge in [-0.25, -0.2) is 0 Å². The van der Waals surface area contributed by atoms with Gasteiger partial charge in [0.05, 0.1) is 24.5 Å². The number of methoxy groups -OCH3 is 1. The molecule has 1 aliphatic heterocycles. The molecular weight excluding hydrogens is 607 g/mol. The number of pyridine rings is 2. The van der Waals surface area contributed by atoms with Crippen LogP contribution in [0.5, 0.6) is 5.75 Å². The summed E-state index contributed by atoms with van der Waals surface area (Å²) in [5.41, 5.74) is 6.74. The number of carbonyl (C=O) groups is 2. The first kappa shape index (κ1) is 33.0. The van der Waals surface area contributed by atoms with Gasteiger partial charge in [-0.1, -0.05) is 41.9 Å². The van der Waals surface area contributed by atoms with E-state index in [0.717, 1.165) is 39.8 Å². The molecule has 2 amide bonds. The molecule has 0 spiro atoms. The Kier molecular flexibility index (Phi) is 11.3. The summed E-state index contributed by atoms with van der Waals surface area (Å²) >= 11 is 6.98. The van der Waals surface area contributed by atoms with E-state index in [2.05, 4.69) is 31.2 Å². The predicted octanol–water partition coefficient (Wildman–Crippen LogP) is 5.85. The molecule has 1 unspecified atom stereocenters. The molecule has 0 bridgehead atoms. The minimum atomic E-state index is -0.354. The van der Waals surface area contributed by atoms with E-state index in [4.69, 9.17) is 16.3 Å². The number of nitrogens with zero attached hydrogens (tertiary/aromatic N) is 2. The van der Waals surface area contributed by atoms with Gasteiger partial charge in [0.25, 0.3) is 5.91 Å². The quantitative estimate of drug-likeness (QED) is 0.127. The van der Waals surface area contributed by atoms with Gasteiger partial charge in [0.15, 0.2) is 0 Å². The number of hydrogen-bond acceptors (Lipinski definition) is 7. The zero-order valence-electron chi connectivity index (χ0n) is 26.0. The van der Waals surface area contributed by atoms with Crippen LogP contribution in [0.25, 0.3) is 22.4 Å². The Balaban J connectivity index is 1.28. The van der Waals surface area contributed by atoms with Crippen molar-refractivity contribution in [2.45, 2.75) is 45.3 Å². The SMILES string of the molecule is COc1cc(-c2nccc(-c3cccc(NC(=O)c4ccc(CNCC5CCC(=O)N5)cn4)c3C)c2Cl)ccc1CNCCCF. The van der Waals surface area contributed by atoms with Crippen molar-refractivity contribution in [3.63, 3.8) is 0 Å². The van der Waals surface area contributed by atoms with Gasteiger partial charge in [0.1, 0.15) is 11.4 Å². The lowest BCUT2D eigenvalue weighted by Gasteiger charge is -2.16. The molecule has 1 atom stereocenters. The van der Waals surface area contributed by atoms with Crippen molar-refractivity contribution in [3.8, 4) is 28.1 Å². The van der Waals surface area contributed by atoms with E-state index in [1.807, 2.05) is 55.5 Å². The number of ether oxygens (including phenoxy) is 1. The number of amides is 2. The second-order valence-corrected chi connectivity index (χ2v) is 11.6. The Hall–Kier alpha value is -4.38. The molecule has 9 nitrogen and oxygen atoms in total. The molecule has 0 aliphatic carbocycles. The molecule has 11 heteroatoms. The van der Waals surface area contributed by atoms with Gasteiger partial charge >= 0.3 is 0 Å². The van der Waals surface area contributed by atoms with Crippen LogP contribution < -0.4 is 26.0 Å². The average molecular weight is 645 g/mol. The lowest BCUT2D eigenvalue weighted by atomic mass is 9.97. The maximum absolute atomic E-state index is 13.1. The number of anilines is 1. The molecule has 1 saturated heterocycles. The van der Waals surface area contributed by atoms with Crippen molar-refractivity contribution in [2.75, 3.05) is 32.2 Å². The van der Waals surface area contributed by atoms with Crippen LogP contribution >= 0.6 is 11.6 Å². The van der Waals surface area contributed by atoms with Crippen LogP contribution in [0.15, 0.2) is 67.0 Å². The number of aromatic nitrogens is 2. The first-order valence-corrected chi connectivity index (χ1v) is 15.7. The van der Waals surface area contributed by atoms with Gasteiger partial charge in [-0.2, -0.15) is 0 Å². The first-order chi connectivity index (χ1) is 22.4. The molecule has 5 rings (SSSR count). The smallest absolute Gasteiger partial charge is 0.274 e. The van der Waals surface area contributed by atoms with Crippen molar-refractivity contribution in [3.05, 3.63) is 94.4 Å². The predicted molar refractivity (Wildman–Crippen MR) is 179 cm³/mol. The van der Waals surface area contributed by atoms with E-state index >= 15 is 0 Å². The molecule has 0 saturated carbocycles. The molecular formula is C35H38ClFN6O3. The highest BCUT2D eigenvalue weighted by Gasteiger charge is 2.20. The lowest BCUT2D eigenvalue weighted by molar-refractivity contribution is -0.119. The Bertz CT molecular complexity index is 1680. The van der Waals surface area contributed by atoms with Crippen LogP contribution in [0.4, 0.5) is 10.1 Å². The minimum absolute atomic E-state index is 0.0954. The third-order valence-corrected chi connectivity index (χ3v) is 8.37. The minimum Gasteiger partial charge on any atom is -0.496 e. The third-order valence-electron chi connectivity index (χ3n) is 7.99. The van der Waals surface area contributed by atoms with E-state index in [9.17, 15) is 14.0 Å². The molecule has 4 N–H and O–H groups in total. The Morgan fingerprint density at radius 1 is 1.09 bits per heavy atom. The normalized spacial score (nSPS) is 14.3. The summed E-state index contributed by atoms with van der Waals surface area (Å²) in [5, 5.41) is 13.0. The second kappa shape index (κ2) is 15.8. The van der Waals surface area contributed by atoms with Crippen LogP contribution in [0, 0.1) is 6.92 Å². The third kappa shape index (κ3) is 8.06. The summed E-state index contributed by atoms with van der Waals surface area (Å²) < 4.78 is 18.1. The molecule has 1 fully saturated rings. The summed E-state index contributed by atoms with van der Waals surface area (Å²) in [6.07, 6.45) is 5.27. The van der Waals surface area contributed by atoms with Crippen molar-refractivity contribution < 1.29 is 18.7 Å². The first-order valence-electron chi connectivity index (χ1n) is 15.3. The van der Waals surface area contributed by atoms with Crippen molar-refractivity contribution in [1.29, 1.82) is 0 Å². The second-order valence-electron chi connectivity index (χ2n) is 11.2. The summed E-state index contributed by atoms with van der Waals surface area (Å²) in [6.45, 7) is 4.00. The van der Waals surface area contributed by atoms with Crippen LogP contribution in [0.3, 0.4) is 0 Å². The molecule has 2 aromatic carbocycles. The van der Waals surface area contributed by atoms with Gasteiger partial charge in [-0.15, -0.1) is 0 Å². The maximum Gasteiger partial charge on any atom is 0.274 e. The zero-order chi connectivity index (χ0) is 32.5. The van der Waals surface area contributed by atoms with E-state index in [1.165, 1.54) is 0 Å². The summed E-state index contributed by atoms with van der Waals surface area (Å²) in [6, 6.07) is 17.1. The largest absolute Gasteiger partial charge is 0.496 e. The van der Waals surface area contributed by atoms with Crippen LogP contribution in [0.2, 0.25) is 5.02 Å². The van der Waals surface area contributed by atoms with E-state index in [-0.39, 0.29) is 24.5 Å². The number of rotatable bonds is 14. The summed E-state index contributed by atoms with van der Waals surface area (Å²) in [4.78, 5) is 33.5. The molecule has 3 heterocycles. The summed E-state index contributed by atoms with van der Waals surface area (Å²) in [5.74, 6) is 0.464. The van der Waals surface area contributed by atoms with E-state index in [0.29, 0.717) is 66.9 Å². The Labute approximate surface area is 273 Å². The van der Waals surface area contributed by atoms with Crippen molar-refractivity contribution in [1.82, 2.24) is 25.9 Å². The van der Waals surface area contributed by atoms with Gasteiger partial charge in [0.2, 0.25) is 5.91 Å². The average Bonchev–Trinajstić information content (AvgIpc) is 3.49. The van der Waals surface area contributed by atoms with Crippen LogP contribution in [-0.4, -0.2) is 54.7 Å². The molecule has 1 aliphatic rings. The maximum atomic E-state index is 13.1. The number of carbonyl (C=O) groups excluding carboxylic acids is 2. The van der Waals surface area contributed by atoms with Gasteiger partial charge in [-0.05, 0) is 67.3 Å². The molecule has 4 aromatic rings. The van der Waals surface area contributed by atoms with Crippen molar-refractivity contribution in [2.24, 2.45) is 0 Å². The highest BCUT2D eigenvalue weighted by atomic mass is 35.5. The number of alkyl halides is 1. The number of nitrogens with one attached hydrogen (secondary N) is 4. The highest BCUT2D eigenvalue weighted by molar-refractivity contribution is 6.35. The fourth-order valence-corrected chi connectivity index (χ4v) is 5.76. The molecule has 240 valence electrons. The van der Waals surface area contributed by atoms with Gasteiger partial charge < -0.3 is 26.0 Å². The molecule has 46 heavy (non-hydrogen) atoms. The monoisotopic (exact) mass is 644 g/mol. The highest BCUT2D eigenvalue weighted by Crippen LogP contribution is 2.39. The fourth-order valence-electron chi connectivity index (χ4n) is 5.44. The van der Waals surface area contributed by atoms with Crippen molar-refractivity contribution >= 4 is 29.1 Å². The number of hydrogen-bond donors (Lipinski definition) is 4. The molecule has 2 aromatic heterocycles. The lowest BCUT2D eigenvalue weighted by Crippen LogP contribution is -2.35. The van der Waals surface area contributed by atoms with Crippen LogP contribution in [0.1, 0.15) is 46.4 Å². The molecule has 0 radical (unpaired) electrons. The number of halogens is 2. The van der Waals surface area contributed by atoms with E-state index < -0.39 is 0 Å².